The summed E-state index contributed by atoms with van der Waals surface area (Å²) in [7, 11) is 1.60. The summed E-state index contributed by atoms with van der Waals surface area (Å²) >= 11 is 3.37. The highest BCUT2D eigenvalue weighted by Crippen LogP contribution is 2.25. The second-order valence-electron chi connectivity index (χ2n) is 3.85. The molecule has 4 N–H and O–H groups in total. The van der Waals surface area contributed by atoms with Gasteiger partial charge in [0.05, 0.1) is 6.54 Å². The standard InChI is InChI=1S/C12H18BrN3O/c1-3-12(17,8-16-11(14)15-2)9-4-6-10(13)7-5-9/h4-7,17H,3,8H2,1-2H3,(H3,14,15,16). The smallest absolute Gasteiger partial charge is 0.188 e. The summed E-state index contributed by atoms with van der Waals surface area (Å²) in [6.07, 6.45) is 0.596. The summed E-state index contributed by atoms with van der Waals surface area (Å²) in [4.78, 5) is 3.80. The highest BCUT2D eigenvalue weighted by molar-refractivity contribution is 9.10. The van der Waals surface area contributed by atoms with Crippen molar-refractivity contribution in [3.63, 3.8) is 0 Å². The summed E-state index contributed by atoms with van der Waals surface area (Å²) in [6.45, 7) is 2.28. The lowest BCUT2D eigenvalue weighted by Gasteiger charge is -2.28. The van der Waals surface area contributed by atoms with Crippen LogP contribution in [0.15, 0.2) is 33.7 Å². The minimum absolute atomic E-state index is 0.328. The van der Waals surface area contributed by atoms with Crippen molar-refractivity contribution in [1.29, 1.82) is 0 Å². The van der Waals surface area contributed by atoms with Crippen molar-refractivity contribution in [1.82, 2.24) is 5.32 Å². The zero-order valence-corrected chi connectivity index (χ0v) is 11.7. The van der Waals surface area contributed by atoms with E-state index in [-0.39, 0.29) is 0 Å². The van der Waals surface area contributed by atoms with Crippen LogP contribution in [0.2, 0.25) is 0 Å². The Morgan fingerprint density at radius 3 is 2.53 bits per heavy atom. The van der Waals surface area contributed by atoms with Gasteiger partial charge in [-0.25, -0.2) is 0 Å². The van der Waals surface area contributed by atoms with Crippen LogP contribution in [0.5, 0.6) is 0 Å². The normalized spacial score (nSPS) is 15.4. The number of hydrogen-bond donors (Lipinski definition) is 3. The van der Waals surface area contributed by atoms with Gasteiger partial charge in [0.25, 0.3) is 0 Å². The molecule has 0 aliphatic carbocycles. The molecule has 1 unspecified atom stereocenters. The minimum atomic E-state index is -0.935. The third kappa shape index (κ3) is 3.71. The van der Waals surface area contributed by atoms with E-state index in [1.165, 1.54) is 0 Å². The molecule has 5 heteroatoms. The lowest BCUT2D eigenvalue weighted by molar-refractivity contribution is 0.0371. The van der Waals surface area contributed by atoms with Crippen LogP contribution >= 0.6 is 15.9 Å². The summed E-state index contributed by atoms with van der Waals surface area (Å²) in [5.74, 6) is 0.328. The molecule has 17 heavy (non-hydrogen) atoms. The molecule has 0 aliphatic rings. The first-order valence-electron chi connectivity index (χ1n) is 5.46. The van der Waals surface area contributed by atoms with Crippen LogP contribution in [0.3, 0.4) is 0 Å². The second kappa shape index (κ2) is 6.02. The second-order valence-corrected chi connectivity index (χ2v) is 4.77. The number of rotatable bonds is 4. The van der Waals surface area contributed by atoms with E-state index in [1.54, 1.807) is 7.05 Å². The van der Waals surface area contributed by atoms with Gasteiger partial charge in [0.2, 0.25) is 0 Å². The Balaban J connectivity index is 2.84. The Morgan fingerprint density at radius 1 is 1.47 bits per heavy atom. The Hall–Kier alpha value is -1.07. The lowest BCUT2D eigenvalue weighted by atomic mass is 9.91. The van der Waals surface area contributed by atoms with Crippen molar-refractivity contribution < 1.29 is 5.11 Å². The van der Waals surface area contributed by atoms with Gasteiger partial charge in [0.1, 0.15) is 5.60 Å². The van der Waals surface area contributed by atoms with E-state index in [9.17, 15) is 5.11 Å². The van der Waals surface area contributed by atoms with Crippen molar-refractivity contribution in [3.05, 3.63) is 34.3 Å². The van der Waals surface area contributed by atoms with E-state index in [0.717, 1.165) is 10.0 Å². The summed E-state index contributed by atoms with van der Waals surface area (Å²) in [6, 6.07) is 7.61. The van der Waals surface area contributed by atoms with Crippen LogP contribution in [-0.4, -0.2) is 24.7 Å². The molecule has 4 nitrogen and oxygen atoms in total. The van der Waals surface area contributed by atoms with E-state index < -0.39 is 5.60 Å². The number of nitrogens with one attached hydrogen (secondary N) is 1. The lowest BCUT2D eigenvalue weighted by Crippen LogP contribution is -2.43. The Kier molecular flexibility index (Phi) is 4.96. The van der Waals surface area contributed by atoms with Crippen LogP contribution in [-0.2, 0) is 5.60 Å². The van der Waals surface area contributed by atoms with E-state index in [1.807, 2.05) is 31.2 Å². The van der Waals surface area contributed by atoms with Crippen molar-refractivity contribution in [2.75, 3.05) is 13.6 Å². The number of aliphatic imine (C=N–C) groups is 1. The van der Waals surface area contributed by atoms with Crippen LogP contribution < -0.4 is 11.1 Å². The van der Waals surface area contributed by atoms with Crippen molar-refractivity contribution in [2.45, 2.75) is 18.9 Å². The van der Waals surface area contributed by atoms with Crippen molar-refractivity contribution in [3.8, 4) is 0 Å². The molecule has 1 aromatic rings. The predicted molar refractivity (Wildman–Crippen MR) is 73.9 cm³/mol. The Labute approximate surface area is 110 Å². The third-order valence-corrected chi connectivity index (χ3v) is 3.30. The third-order valence-electron chi connectivity index (χ3n) is 2.77. The highest BCUT2D eigenvalue weighted by Gasteiger charge is 2.26. The average molecular weight is 300 g/mol. The molecular weight excluding hydrogens is 282 g/mol. The molecule has 1 atom stereocenters. The molecule has 0 spiro atoms. The SMILES string of the molecule is CCC(O)(CNC(N)=NC)c1ccc(Br)cc1. The maximum absolute atomic E-state index is 10.5. The maximum Gasteiger partial charge on any atom is 0.188 e. The fourth-order valence-electron chi connectivity index (χ4n) is 1.51. The highest BCUT2D eigenvalue weighted by atomic mass is 79.9. The van der Waals surface area contributed by atoms with Crippen molar-refractivity contribution >= 4 is 21.9 Å². The summed E-state index contributed by atoms with van der Waals surface area (Å²) < 4.78 is 0.988. The topological polar surface area (TPSA) is 70.6 Å². The molecule has 1 rings (SSSR count). The van der Waals surface area contributed by atoms with E-state index in [0.29, 0.717) is 18.9 Å². The molecule has 0 saturated carbocycles. The number of halogens is 1. The first-order valence-corrected chi connectivity index (χ1v) is 6.25. The zero-order valence-electron chi connectivity index (χ0n) is 10.1. The number of nitrogens with two attached hydrogens (primary N) is 1. The van der Waals surface area contributed by atoms with Crippen LogP contribution in [0.4, 0.5) is 0 Å². The minimum Gasteiger partial charge on any atom is -0.383 e. The largest absolute Gasteiger partial charge is 0.383 e. The van der Waals surface area contributed by atoms with Gasteiger partial charge in [0.15, 0.2) is 5.96 Å². The first-order chi connectivity index (χ1) is 8.01. The van der Waals surface area contributed by atoms with Gasteiger partial charge in [0, 0.05) is 11.5 Å². The number of hydrogen-bond acceptors (Lipinski definition) is 2. The molecule has 1 aromatic carbocycles. The number of benzene rings is 1. The van der Waals surface area contributed by atoms with E-state index in [4.69, 9.17) is 5.73 Å². The van der Waals surface area contributed by atoms with Gasteiger partial charge in [-0.05, 0) is 24.1 Å². The molecule has 0 aromatic heterocycles. The van der Waals surface area contributed by atoms with Crippen LogP contribution in [0, 0.1) is 0 Å². The molecule has 0 amide bonds. The van der Waals surface area contributed by atoms with Gasteiger partial charge in [-0.3, -0.25) is 4.99 Å². The van der Waals surface area contributed by atoms with Gasteiger partial charge in [-0.2, -0.15) is 0 Å². The van der Waals surface area contributed by atoms with Gasteiger partial charge < -0.3 is 16.2 Å². The summed E-state index contributed by atoms with van der Waals surface area (Å²) in [5, 5.41) is 13.4. The number of aliphatic hydroxyl groups is 1. The van der Waals surface area contributed by atoms with Gasteiger partial charge in [-0.1, -0.05) is 35.0 Å². The molecule has 0 fully saturated rings. The van der Waals surface area contributed by atoms with E-state index >= 15 is 0 Å². The maximum atomic E-state index is 10.5. The fourth-order valence-corrected chi connectivity index (χ4v) is 1.77. The van der Waals surface area contributed by atoms with Gasteiger partial charge in [-0.15, -0.1) is 0 Å². The molecule has 0 aliphatic heterocycles. The molecule has 0 bridgehead atoms. The number of guanidine groups is 1. The quantitative estimate of drug-likeness (QED) is 0.584. The summed E-state index contributed by atoms with van der Waals surface area (Å²) in [5.41, 5.74) is 5.48. The van der Waals surface area contributed by atoms with Gasteiger partial charge >= 0.3 is 0 Å². The first kappa shape index (κ1) is 14.0. The molecule has 94 valence electrons. The monoisotopic (exact) mass is 299 g/mol. The van der Waals surface area contributed by atoms with Crippen LogP contribution in [0.1, 0.15) is 18.9 Å². The predicted octanol–water partition coefficient (Wildman–Crippen LogP) is 1.58. The Bertz CT molecular complexity index is 391. The zero-order chi connectivity index (χ0) is 12.9. The molecule has 0 heterocycles. The molecular formula is C12H18BrN3O. The van der Waals surface area contributed by atoms with Crippen molar-refractivity contribution in [2.24, 2.45) is 10.7 Å². The van der Waals surface area contributed by atoms with Crippen LogP contribution in [0.25, 0.3) is 0 Å². The Morgan fingerprint density at radius 2 is 2.06 bits per heavy atom. The molecule has 0 radical (unpaired) electrons. The number of nitrogens with zero attached hydrogens (tertiary/aromatic N) is 1. The van der Waals surface area contributed by atoms with E-state index in [2.05, 4.69) is 26.2 Å². The fraction of sp³-hybridized carbons (Fsp3) is 0.417. The molecule has 0 saturated heterocycles. The average Bonchev–Trinajstić information content (AvgIpc) is 2.36.